The van der Waals surface area contributed by atoms with E-state index in [4.69, 9.17) is 11.6 Å². The van der Waals surface area contributed by atoms with Crippen LogP contribution in [0.4, 0.5) is 0 Å². The summed E-state index contributed by atoms with van der Waals surface area (Å²) in [5, 5.41) is 0. The Balaban J connectivity index is 3.68. The van der Waals surface area contributed by atoms with Gasteiger partial charge in [0.15, 0.2) is 6.00 Å². The SMILES string of the molecule is CC(C)[NH+](CCl)C(C)C. The van der Waals surface area contributed by atoms with E-state index in [-0.39, 0.29) is 0 Å². The molecule has 1 N–H and O–H groups in total. The summed E-state index contributed by atoms with van der Waals surface area (Å²) in [6.45, 7) is 8.77. The minimum atomic E-state index is 0.641. The van der Waals surface area contributed by atoms with Crippen LogP contribution in [0.3, 0.4) is 0 Å². The van der Waals surface area contributed by atoms with Crippen molar-refractivity contribution in [3.05, 3.63) is 0 Å². The van der Waals surface area contributed by atoms with Gasteiger partial charge < -0.3 is 4.90 Å². The fourth-order valence-electron chi connectivity index (χ4n) is 0.975. The quantitative estimate of drug-likeness (QED) is 0.450. The highest BCUT2D eigenvalue weighted by atomic mass is 35.5. The van der Waals surface area contributed by atoms with Crippen LogP contribution in [0.1, 0.15) is 27.7 Å². The highest BCUT2D eigenvalue weighted by molar-refractivity contribution is 6.16. The molecule has 0 aliphatic rings. The molecule has 0 aliphatic carbocycles. The Morgan fingerprint density at radius 3 is 1.44 bits per heavy atom. The van der Waals surface area contributed by atoms with Crippen molar-refractivity contribution in [2.45, 2.75) is 39.8 Å². The first-order valence-corrected chi connectivity index (χ1v) is 4.04. The number of halogens is 1. The van der Waals surface area contributed by atoms with E-state index in [1.807, 2.05) is 0 Å². The number of alkyl halides is 1. The van der Waals surface area contributed by atoms with E-state index < -0.39 is 0 Å². The summed E-state index contributed by atoms with van der Waals surface area (Å²) in [4.78, 5) is 1.46. The van der Waals surface area contributed by atoms with E-state index in [9.17, 15) is 0 Å². The monoisotopic (exact) mass is 150 g/mol. The molecule has 0 unspecified atom stereocenters. The molecule has 0 atom stereocenters. The molecule has 0 rings (SSSR count). The van der Waals surface area contributed by atoms with Crippen LogP contribution in [0, 0.1) is 0 Å². The van der Waals surface area contributed by atoms with Crippen molar-refractivity contribution in [1.29, 1.82) is 0 Å². The summed E-state index contributed by atoms with van der Waals surface area (Å²) in [7, 11) is 0. The summed E-state index contributed by atoms with van der Waals surface area (Å²) < 4.78 is 0. The molecule has 0 radical (unpaired) electrons. The van der Waals surface area contributed by atoms with Crippen molar-refractivity contribution in [2.75, 3.05) is 6.00 Å². The number of quaternary nitrogens is 1. The fourth-order valence-corrected chi connectivity index (χ4v) is 1.59. The largest absolute Gasteiger partial charge is 0.318 e. The van der Waals surface area contributed by atoms with E-state index in [2.05, 4.69) is 27.7 Å². The van der Waals surface area contributed by atoms with Crippen LogP contribution in [0.2, 0.25) is 0 Å². The van der Waals surface area contributed by atoms with E-state index in [0.717, 1.165) is 6.00 Å². The molecule has 56 valence electrons. The molecule has 0 bridgehead atoms. The number of nitrogens with one attached hydrogen (secondary N) is 1. The predicted octanol–water partition coefficient (Wildman–Crippen LogP) is 0.884. The minimum Gasteiger partial charge on any atom is -0.318 e. The zero-order chi connectivity index (χ0) is 7.44. The van der Waals surface area contributed by atoms with Crippen LogP contribution >= 0.6 is 11.6 Å². The molecular formula is C7H17ClN+. The maximum absolute atomic E-state index is 5.72. The molecule has 0 heterocycles. The average Bonchev–Trinajstić information content (AvgIpc) is 1.64. The van der Waals surface area contributed by atoms with Crippen molar-refractivity contribution in [2.24, 2.45) is 0 Å². The van der Waals surface area contributed by atoms with Crippen molar-refractivity contribution in [3.8, 4) is 0 Å². The standard InChI is InChI=1S/C7H16ClN/c1-6(2)9(5-8)7(3)4/h6-7H,5H2,1-4H3/p+1. The van der Waals surface area contributed by atoms with Gasteiger partial charge in [-0.3, -0.25) is 0 Å². The van der Waals surface area contributed by atoms with E-state index in [1.54, 1.807) is 0 Å². The van der Waals surface area contributed by atoms with Crippen molar-refractivity contribution in [3.63, 3.8) is 0 Å². The molecule has 2 heteroatoms. The van der Waals surface area contributed by atoms with Gasteiger partial charge in [-0.2, -0.15) is 0 Å². The maximum Gasteiger partial charge on any atom is 0.153 e. The second-order valence-electron chi connectivity index (χ2n) is 3.02. The third-order valence-electron chi connectivity index (χ3n) is 1.64. The lowest BCUT2D eigenvalue weighted by molar-refractivity contribution is -0.931. The number of hydrogen-bond donors (Lipinski definition) is 1. The van der Waals surface area contributed by atoms with Crippen molar-refractivity contribution in [1.82, 2.24) is 0 Å². The Morgan fingerprint density at radius 1 is 1.11 bits per heavy atom. The first-order chi connectivity index (χ1) is 4.09. The fraction of sp³-hybridized carbons (Fsp3) is 1.00. The molecule has 0 saturated heterocycles. The van der Waals surface area contributed by atoms with Crippen LogP contribution in [0.15, 0.2) is 0 Å². The van der Waals surface area contributed by atoms with E-state index in [0.29, 0.717) is 12.1 Å². The third-order valence-corrected chi connectivity index (χ3v) is 1.95. The first-order valence-electron chi connectivity index (χ1n) is 3.51. The predicted molar refractivity (Wildman–Crippen MR) is 42.0 cm³/mol. The van der Waals surface area contributed by atoms with Crippen molar-refractivity contribution < 1.29 is 4.90 Å². The summed E-state index contributed by atoms with van der Waals surface area (Å²) in [5.41, 5.74) is 0. The Hall–Kier alpha value is 0.250. The van der Waals surface area contributed by atoms with Gasteiger partial charge in [0.1, 0.15) is 0 Å². The lowest BCUT2D eigenvalue weighted by atomic mass is 10.2. The molecule has 0 spiro atoms. The Bertz CT molecular complexity index is 63.3. The summed E-state index contributed by atoms with van der Waals surface area (Å²) >= 11 is 5.72. The molecule has 0 aromatic rings. The van der Waals surface area contributed by atoms with Gasteiger partial charge in [-0.25, -0.2) is 0 Å². The molecule has 0 fully saturated rings. The lowest BCUT2D eigenvalue weighted by Crippen LogP contribution is -3.17. The maximum atomic E-state index is 5.72. The molecule has 1 nitrogen and oxygen atoms in total. The lowest BCUT2D eigenvalue weighted by Gasteiger charge is -2.24. The van der Waals surface area contributed by atoms with Gasteiger partial charge in [0, 0.05) is 0 Å². The normalized spacial score (nSPS) is 12.0. The highest BCUT2D eigenvalue weighted by Crippen LogP contribution is 1.77. The van der Waals surface area contributed by atoms with Gasteiger partial charge in [0.2, 0.25) is 0 Å². The minimum absolute atomic E-state index is 0.641. The van der Waals surface area contributed by atoms with Gasteiger partial charge >= 0.3 is 0 Å². The highest BCUT2D eigenvalue weighted by Gasteiger charge is 2.14. The molecule has 0 aliphatic heterocycles. The molecular weight excluding hydrogens is 134 g/mol. The molecule has 0 saturated carbocycles. The second-order valence-corrected chi connectivity index (χ2v) is 3.29. The first kappa shape index (κ1) is 9.25. The number of hydrogen-bond acceptors (Lipinski definition) is 0. The summed E-state index contributed by atoms with van der Waals surface area (Å²) in [6, 6.07) is 2.00. The second kappa shape index (κ2) is 4.13. The van der Waals surface area contributed by atoms with Gasteiger partial charge in [-0.05, 0) is 27.7 Å². The smallest absolute Gasteiger partial charge is 0.153 e. The molecule has 0 aromatic carbocycles. The third kappa shape index (κ3) is 3.07. The van der Waals surface area contributed by atoms with Crippen LogP contribution in [-0.4, -0.2) is 18.1 Å². The molecule has 0 aromatic heterocycles. The number of rotatable bonds is 3. The van der Waals surface area contributed by atoms with Gasteiger partial charge in [-0.1, -0.05) is 11.6 Å². The molecule has 0 amide bonds. The van der Waals surface area contributed by atoms with Gasteiger partial charge in [0.05, 0.1) is 12.1 Å². The Labute approximate surface area is 63.0 Å². The average molecular weight is 151 g/mol. The Morgan fingerprint density at radius 2 is 1.44 bits per heavy atom. The summed E-state index contributed by atoms with van der Waals surface area (Å²) in [6.07, 6.45) is 0. The van der Waals surface area contributed by atoms with Crippen LogP contribution < -0.4 is 4.90 Å². The van der Waals surface area contributed by atoms with Crippen molar-refractivity contribution >= 4 is 11.6 Å². The van der Waals surface area contributed by atoms with Crippen LogP contribution in [0.25, 0.3) is 0 Å². The molecule has 9 heavy (non-hydrogen) atoms. The van der Waals surface area contributed by atoms with Crippen LogP contribution in [-0.2, 0) is 0 Å². The zero-order valence-corrected chi connectivity index (χ0v) is 7.50. The van der Waals surface area contributed by atoms with Gasteiger partial charge in [0.25, 0.3) is 0 Å². The zero-order valence-electron chi connectivity index (χ0n) is 6.74. The summed E-state index contributed by atoms with van der Waals surface area (Å²) in [5.74, 6) is 0. The van der Waals surface area contributed by atoms with E-state index >= 15 is 0 Å². The van der Waals surface area contributed by atoms with Gasteiger partial charge in [-0.15, -0.1) is 0 Å². The Kier molecular flexibility index (Phi) is 4.24. The van der Waals surface area contributed by atoms with Crippen LogP contribution in [0.5, 0.6) is 0 Å². The van der Waals surface area contributed by atoms with E-state index in [1.165, 1.54) is 4.90 Å². The topological polar surface area (TPSA) is 4.44 Å².